The Kier molecular flexibility index (Phi) is 6.84. The summed E-state index contributed by atoms with van der Waals surface area (Å²) >= 11 is 0. The van der Waals surface area contributed by atoms with Crippen LogP contribution in [0.3, 0.4) is 0 Å². The van der Waals surface area contributed by atoms with Crippen molar-refractivity contribution in [3.63, 3.8) is 0 Å². The van der Waals surface area contributed by atoms with E-state index in [1.165, 1.54) is 44.6 Å². The predicted octanol–water partition coefficient (Wildman–Crippen LogP) is 3.16. The van der Waals surface area contributed by atoms with Crippen molar-refractivity contribution >= 4 is 5.82 Å². The van der Waals surface area contributed by atoms with Crippen molar-refractivity contribution in [3.05, 3.63) is 35.8 Å². The number of hydrogen-bond donors (Lipinski definition) is 2. The topological polar surface area (TPSA) is 46.7 Å². The van der Waals surface area contributed by atoms with Crippen molar-refractivity contribution in [2.24, 2.45) is 5.92 Å². The van der Waals surface area contributed by atoms with Gasteiger partial charge in [-0.1, -0.05) is 19.9 Å². The van der Waals surface area contributed by atoms with Crippen LogP contribution in [0.4, 0.5) is 5.82 Å². The van der Waals surface area contributed by atoms with Crippen LogP contribution in [-0.2, 0) is 0 Å². The first-order chi connectivity index (χ1) is 14.5. The molecular weight excluding hydrogens is 372 g/mol. The van der Waals surface area contributed by atoms with Gasteiger partial charge >= 0.3 is 0 Å². The van der Waals surface area contributed by atoms with Crippen molar-refractivity contribution in [3.8, 4) is 0 Å². The van der Waals surface area contributed by atoms with E-state index in [4.69, 9.17) is 4.98 Å². The summed E-state index contributed by atoms with van der Waals surface area (Å²) in [5, 5.41) is 7.01. The number of nitrogens with one attached hydrogen (secondary N) is 2. The summed E-state index contributed by atoms with van der Waals surface area (Å²) in [5.74, 6) is 1.61. The molecule has 4 heterocycles. The van der Waals surface area contributed by atoms with Crippen molar-refractivity contribution in [1.82, 2.24) is 25.4 Å². The number of aromatic nitrogens is 1. The van der Waals surface area contributed by atoms with E-state index in [0.717, 1.165) is 37.2 Å². The van der Waals surface area contributed by atoms with E-state index < -0.39 is 0 Å². The lowest BCUT2D eigenvalue weighted by molar-refractivity contribution is 0.0965. The van der Waals surface area contributed by atoms with Crippen LogP contribution in [0, 0.1) is 5.92 Å². The average Bonchev–Trinajstić information content (AvgIpc) is 3.13. The van der Waals surface area contributed by atoms with E-state index in [-0.39, 0.29) is 6.17 Å². The van der Waals surface area contributed by atoms with Crippen LogP contribution in [0.1, 0.15) is 58.8 Å². The number of pyridine rings is 1. The third-order valence-corrected chi connectivity index (χ3v) is 6.99. The lowest BCUT2D eigenvalue weighted by Gasteiger charge is -2.39. The molecule has 0 amide bonds. The van der Waals surface area contributed by atoms with Crippen LogP contribution in [0.2, 0.25) is 0 Å². The lowest BCUT2D eigenvalue weighted by atomic mass is 10.0. The Morgan fingerprint density at radius 2 is 1.77 bits per heavy atom. The standard InChI is InChI=1S/C24H40N6/c1-18(2)22-17-25-24(27-22)21-7-5-8-23(26-21)30-12-6-11-29(15-16-30)20-9-13-28(14-10-20)19(3)4/h5,7-8,17-20,24-25,27H,6,9-16H2,1-4H3. The fraction of sp³-hybridized carbons (Fsp3) is 0.708. The molecule has 0 aliphatic carbocycles. The maximum Gasteiger partial charge on any atom is 0.140 e. The SMILES string of the molecule is CC(C)C1=CNC(c2cccc(N3CCCN(C4CCN(C(C)C)CC4)CC3)n2)N1. The Morgan fingerprint density at radius 3 is 2.47 bits per heavy atom. The van der Waals surface area contributed by atoms with Crippen molar-refractivity contribution in [2.75, 3.05) is 44.2 Å². The van der Waals surface area contributed by atoms with Crippen LogP contribution >= 0.6 is 0 Å². The largest absolute Gasteiger partial charge is 0.365 e. The number of allylic oxidation sites excluding steroid dienone is 1. The van der Waals surface area contributed by atoms with E-state index in [1.54, 1.807) is 0 Å². The van der Waals surface area contributed by atoms with Gasteiger partial charge in [0.15, 0.2) is 0 Å². The average molecular weight is 413 g/mol. The molecule has 2 N–H and O–H groups in total. The van der Waals surface area contributed by atoms with E-state index in [9.17, 15) is 0 Å². The monoisotopic (exact) mass is 412 g/mol. The van der Waals surface area contributed by atoms with Gasteiger partial charge in [-0.25, -0.2) is 4.98 Å². The Hall–Kier alpha value is -1.79. The summed E-state index contributed by atoms with van der Waals surface area (Å²) in [7, 11) is 0. The molecule has 1 aromatic rings. The fourth-order valence-corrected chi connectivity index (χ4v) is 4.99. The maximum absolute atomic E-state index is 5.02. The van der Waals surface area contributed by atoms with Crippen LogP contribution in [-0.4, -0.2) is 66.1 Å². The smallest absolute Gasteiger partial charge is 0.140 e. The lowest BCUT2D eigenvalue weighted by Crippen LogP contribution is -2.47. The molecule has 0 radical (unpaired) electrons. The first-order valence-corrected chi connectivity index (χ1v) is 11.9. The van der Waals surface area contributed by atoms with Crippen molar-refractivity contribution in [2.45, 2.75) is 65.2 Å². The number of hydrogen-bond acceptors (Lipinski definition) is 6. The van der Waals surface area contributed by atoms with Gasteiger partial charge in [-0.05, 0) is 64.3 Å². The number of anilines is 1. The van der Waals surface area contributed by atoms with Gasteiger partial charge in [0.2, 0.25) is 0 Å². The van der Waals surface area contributed by atoms with Gasteiger partial charge in [-0.2, -0.15) is 0 Å². The summed E-state index contributed by atoms with van der Waals surface area (Å²) in [4.78, 5) is 12.9. The predicted molar refractivity (Wildman–Crippen MR) is 124 cm³/mol. The summed E-state index contributed by atoms with van der Waals surface area (Å²) < 4.78 is 0. The molecule has 166 valence electrons. The van der Waals surface area contributed by atoms with E-state index in [1.807, 2.05) is 0 Å². The Bertz CT molecular complexity index is 722. The highest BCUT2D eigenvalue weighted by Crippen LogP contribution is 2.24. The minimum absolute atomic E-state index is 0.0805. The highest BCUT2D eigenvalue weighted by Gasteiger charge is 2.27. The molecule has 0 spiro atoms. The molecule has 0 aromatic carbocycles. The van der Waals surface area contributed by atoms with Gasteiger partial charge < -0.3 is 20.4 Å². The van der Waals surface area contributed by atoms with E-state index in [2.05, 4.69) is 77.4 Å². The molecular formula is C24H40N6. The van der Waals surface area contributed by atoms with Crippen molar-refractivity contribution in [1.29, 1.82) is 0 Å². The highest BCUT2D eigenvalue weighted by molar-refractivity contribution is 5.40. The maximum atomic E-state index is 5.02. The zero-order valence-corrected chi connectivity index (χ0v) is 19.3. The summed E-state index contributed by atoms with van der Waals surface area (Å²) in [6, 6.07) is 7.88. The van der Waals surface area contributed by atoms with Gasteiger partial charge in [0.25, 0.3) is 0 Å². The van der Waals surface area contributed by atoms with Crippen LogP contribution in [0.25, 0.3) is 0 Å². The second-order valence-electron chi connectivity index (χ2n) is 9.66. The minimum atomic E-state index is 0.0805. The molecule has 2 saturated heterocycles. The molecule has 1 atom stereocenters. The number of piperidine rings is 1. The molecule has 6 nitrogen and oxygen atoms in total. The van der Waals surface area contributed by atoms with Gasteiger partial charge in [-0.15, -0.1) is 0 Å². The minimum Gasteiger partial charge on any atom is -0.365 e. The Labute approximate surface area is 182 Å². The molecule has 1 unspecified atom stereocenters. The number of nitrogens with zero attached hydrogens (tertiary/aromatic N) is 4. The molecule has 4 rings (SSSR count). The Balaban J connectivity index is 1.34. The first-order valence-electron chi connectivity index (χ1n) is 11.9. The molecule has 2 fully saturated rings. The molecule has 6 heteroatoms. The van der Waals surface area contributed by atoms with E-state index in [0.29, 0.717) is 12.0 Å². The second-order valence-corrected chi connectivity index (χ2v) is 9.66. The normalized spacial score (nSPS) is 24.7. The summed E-state index contributed by atoms with van der Waals surface area (Å²) in [5.41, 5.74) is 2.32. The molecule has 0 bridgehead atoms. The molecule has 3 aliphatic heterocycles. The van der Waals surface area contributed by atoms with Crippen LogP contribution in [0.5, 0.6) is 0 Å². The van der Waals surface area contributed by atoms with E-state index >= 15 is 0 Å². The van der Waals surface area contributed by atoms with Crippen LogP contribution < -0.4 is 15.5 Å². The van der Waals surface area contributed by atoms with Gasteiger partial charge in [0, 0.05) is 50.2 Å². The highest BCUT2D eigenvalue weighted by atomic mass is 15.3. The van der Waals surface area contributed by atoms with Gasteiger partial charge in [0.1, 0.15) is 12.0 Å². The van der Waals surface area contributed by atoms with Gasteiger partial charge in [0.05, 0.1) is 5.69 Å². The zero-order valence-electron chi connectivity index (χ0n) is 19.3. The number of likely N-dealkylation sites (tertiary alicyclic amines) is 1. The quantitative estimate of drug-likeness (QED) is 0.775. The summed E-state index contributed by atoms with van der Waals surface area (Å²) in [6.07, 6.45) is 6.02. The third kappa shape index (κ3) is 4.92. The Morgan fingerprint density at radius 1 is 0.967 bits per heavy atom. The van der Waals surface area contributed by atoms with Gasteiger partial charge in [-0.3, -0.25) is 4.90 Å². The first kappa shape index (κ1) is 21.4. The molecule has 3 aliphatic rings. The fourth-order valence-electron chi connectivity index (χ4n) is 4.99. The zero-order chi connectivity index (χ0) is 21.1. The second kappa shape index (κ2) is 9.56. The molecule has 0 saturated carbocycles. The molecule has 30 heavy (non-hydrogen) atoms. The van der Waals surface area contributed by atoms with Crippen LogP contribution in [0.15, 0.2) is 30.1 Å². The van der Waals surface area contributed by atoms with Crippen molar-refractivity contribution < 1.29 is 0 Å². The third-order valence-electron chi connectivity index (χ3n) is 6.99. The number of rotatable bonds is 5. The summed E-state index contributed by atoms with van der Waals surface area (Å²) in [6.45, 7) is 16.1. The molecule has 1 aromatic heterocycles.